The molecule has 430 valence electrons. The predicted octanol–water partition coefficient (Wildman–Crippen LogP) is 3.60. The monoisotopic (exact) mass is 1090 g/mol. The van der Waals surface area contributed by atoms with E-state index in [2.05, 4.69) is 64.9 Å². The van der Waals surface area contributed by atoms with Crippen molar-refractivity contribution < 1.29 is 38.4 Å². The fourth-order valence-corrected chi connectivity index (χ4v) is 12.0. The Hall–Kier alpha value is -6.67. The van der Waals surface area contributed by atoms with Gasteiger partial charge in [0.05, 0.1) is 23.2 Å². The number of aryl methyl sites for hydroxylation is 2. The molecule has 8 amide bonds. The van der Waals surface area contributed by atoms with Crippen LogP contribution >= 0.6 is 0 Å². The topological polar surface area (TPSA) is 268 Å². The van der Waals surface area contributed by atoms with Crippen molar-refractivity contribution in [2.45, 2.75) is 193 Å². The number of hydrogen-bond acceptors (Lipinski definition) is 11. The molecular weight excluding hydrogens is 1000 g/mol. The van der Waals surface area contributed by atoms with Crippen LogP contribution in [0.2, 0.25) is 0 Å². The zero-order valence-electron chi connectivity index (χ0n) is 48.4. The highest BCUT2D eigenvalue weighted by Gasteiger charge is 2.50. The SMILES string of the molecule is CCC1(NC(=O)[C@@H]2C[C@H](NC(=O)c3cc(C(=O)N[C@H]4C[C@@H](C(=O)NC5(CC)CCCc6ccccc65)N(C(=O)[C@@H](NC(=O)[C@H](C)NC)C(C)(C)C)C4)[nH]n3)CN2C(=O)[C@@H](NC(=O)[C@H](C)NC)C(C)(C)C)CCCc2ccccc21. The maximum absolute atomic E-state index is 14.8. The summed E-state index contributed by atoms with van der Waals surface area (Å²) in [5, 5.41) is 31.2. The molecule has 9 N–H and O–H groups in total. The second-order valence-corrected chi connectivity index (χ2v) is 24.5. The molecule has 79 heavy (non-hydrogen) atoms. The van der Waals surface area contributed by atoms with Gasteiger partial charge in [0, 0.05) is 31.2 Å². The molecule has 0 spiro atoms. The van der Waals surface area contributed by atoms with E-state index < -0.39 is 93.9 Å². The van der Waals surface area contributed by atoms with Gasteiger partial charge >= 0.3 is 0 Å². The molecule has 1 aromatic heterocycles. The lowest BCUT2D eigenvalue weighted by Crippen LogP contribution is -2.60. The number of H-pyrrole nitrogens is 1. The predicted molar refractivity (Wildman–Crippen MR) is 300 cm³/mol. The average Bonchev–Trinajstić information content (AvgIpc) is 4.30. The second-order valence-electron chi connectivity index (χ2n) is 24.5. The first-order valence-corrected chi connectivity index (χ1v) is 28.3. The van der Waals surface area contributed by atoms with E-state index in [-0.39, 0.29) is 60.9 Å². The lowest BCUT2D eigenvalue weighted by Gasteiger charge is -2.41. The zero-order valence-corrected chi connectivity index (χ0v) is 48.4. The van der Waals surface area contributed by atoms with Gasteiger partial charge in [-0.15, -0.1) is 0 Å². The molecule has 20 nitrogen and oxygen atoms in total. The molecule has 0 radical (unpaired) electrons. The minimum absolute atomic E-state index is 0.0459. The highest BCUT2D eigenvalue weighted by molar-refractivity contribution is 5.99. The molecule has 3 aromatic rings. The number of benzene rings is 2. The van der Waals surface area contributed by atoms with Gasteiger partial charge in [0.25, 0.3) is 11.8 Å². The van der Waals surface area contributed by atoms with Gasteiger partial charge in [-0.1, -0.05) is 104 Å². The first kappa shape index (κ1) is 60.0. The molecule has 4 aliphatic rings. The minimum atomic E-state index is -1.02. The van der Waals surface area contributed by atoms with E-state index in [0.717, 1.165) is 47.9 Å². The van der Waals surface area contributed by atoms with Crippen LogP contribution in [-0.2, 0) is 52.7 Å². The van der Waals surface area contributed by atoms with Crippen LogP contribution < -0.4 is 42.5 Å². The Labute approximate surface area is 465 Å². The Morgan fingerprint density at radius 1 is 0.633 bits per heavy atom. The van der Waals surface area contributed by atoms with Crippen molar-refractivity contribution in [1.29, 1.82) is 0 Å². The van der Waals surface area contributed by atoms with Gasteiger partial charge in [-0.3, -0.25) is 43.5 Å². The number of nitrogens with one attached hydrogen (secondary N) is 9. The van der Waals surface area contributed by atoms with Gasteiger partial charge in [-0.05, 0) is 125 Å². The lowest BCUT2D eigenvalue weighted by molar-refractivity contribution is -0.144. The normalized spacial score (nSPS) is 24.4. The lowest BCUT2D eigenvalue weighted by atomic mass is 9.74. The largest absolute Gasteiger partial charge is 0.346 e. The summed E-state index contributed by atoms with van der Waals surface area (Å²) in [6.07, 6.45) is 6.28. The van der Waals surface area contributed by atoms with Crippen molar-refractivity contribution in [3.8, 4) is 0 Å². The fraction of sp³-hybridized carbons (Fsp3) is 0.610. The van der Waals surface area contributed by atoms with Crippen LogP contribution in [0.1, 0.15) is 164 Å². The van der Waals surface area contributed by atoms with Gasteiger partial charge < -0.3 is 52.3 Å². The van der Waals surface area contributed by atoms with Gasteiger partial charge in [-0.25, -0.2) is 0 Å². The number of carbonyl (C=O) groups is 8. The molecular formula is C59H86N12O8. The first-order valence-electron chi connectivity index (χ1n) is 28.3. The quantitative estimate of drug-likeness (QED) is 0.0889. The number of rotatable bonds is 18. The zero-order chi connectivity index (χ0) is 57.8. The molecule has 2 aliphatic carbocycles. The van der Waals surface area contributed by atoms with E-state index in [1.165, 1.54) is 15.9 Å². The third kappa shape index (κ3) is 13.0. The summed E-state index contributed by atoms with van der Waals surface area (Å²) in [6.45, 7) is 18.4. The van der Waals surface area contributed by atoms with Crippen molar-refractivity contribution in [2.75, 3.05) is 27.2 Å². The van der Waals surface area contributed by atoms with Crippen LogP contribution in [0, 0.1) is 10.8 Å². The van der Waals surface area contributed by atoms with E-state index >= 15 is 0 Å². The smallest absolute Gasteiger partial charge is 0.272 e. The van der Waals surface area contributed by atoms with Crippen LogP contribution in [-0.4, -0.2) is 143 Å². The van der Waals surface area contributed by atoms with Crippen molar-refractivity contribution in [1.82, 2.24) is 62.5 Å². The maximum atomic E-state index is 14.8. The number of likely N-dealkylation sites (tertiary alicyclic amines) is 2. The molecule has 2 fully saturated rings. The fourth-order valence-electron chi connectivity index (χ4n) is 12.0. The minimum Gasteiger partial charge on any atom is -0.346 e. The van der Waals surface area contributed by atoms with Crippen molar-refractivity contribution in [2.24, 2.45) is 10.8 Å². The Morgan fingerprint density at radius 3 is 1.43 bits per heavy atom. The molecule has 7 rings (SSSR count). The number of nitrogens with zero attached hydrogens (tertiary/aromatic N) is 3. The Bertz CT molecular complexity index is 2580. The Morgan fingerprint density at radius 2 is 1.04 bits per heavy atom. The molecule has 20 heteroatoms. The van der Waals surface area contributed by atoms with E-state index in [1.54, 1.807) is 27.9 Å². The van der Waals surface area contributed by atoms with E-state index in [4.69, 9.17) is 0 Å². The van der Waals surface area contributed by atoms with Crippen LogP contribution in [0.4, 0.5) is 0 Å². The summed E-state index contributed by atoms with van der Waals surface area (Å²) >= 11 is 0. The molecule has 2 aromatic carbocycles. The number of hydrogen-bond donors (Lipinski definition) is 9. The number of amides is 8. The number of fused-ring (bicyclic) bond motifs is 2. The summed E-state index contributed by atoms with van der Waals surface area (Å²) in [4.78, 5) is 117. The number of aromatic nitrogens is 2. The van der Waals surface area contributed by atoms with E-state index in [1.807, 2.05) is 91.8 Å². The molecule has 0 saturated carbocycles. The van der Waals surface area contributed by atoms with Crippen molar-refractivity contribution >= 4 is 47.3 Å². The summed E-state index contributed by atoms with van der Waals surface area (Å²) in [6, 6.07) is 10.7. The van der Waals surface area contributed by atoms with Crippen LogP contribution in [0.5, 0.6) is 0 Å². The van der Waals surface area contributed by atoms with E-state index in [0.29, 0.717) is 25.7 Å². The van der Waals surface area contributed by atoms with E-state index in [9.17, 15) is 38.4 Å². The number of likely N-dealkylation sites (N-methyl/N-ethyl adjacent to an activating group) is 2. The van der Waals surface area contributed by atoms with Gasteiger partial charge in [0.15, 0.2) is 5.69 Å². The highest BCUT2D eigenvalue weighted by atomic mass is 16.2. The second kappa shape index (κ2) is 24.4. The summed E-state index contributed by atoms with van der Waals surface area (Å²) in [5.74, 6) is -3.73. The molecule has 10 atom stereocenters. The standard InChI is InChI=1S/C59H86N12O8/c1-13-58(27-19-23-36-21-15-17-25-40(36)58)66-52(76)44-29-38(32-70(44)54(78)46(56(5,6)7)64-48(72)34(3)60-11)62-50(74)42-31-43(69-68-42)51(75)63-39-30-45(53(77)67-59(14-2)28-20-24-37-22-16-18-26-41(37)59)71(33-39)55(79)47(57(8,9)10)65-49(73)35(4)61-12/h15-18,21-22,25-26,31,34-35,38-39,44-47,60-61H,13-14,19-20,23-24,27-30,32-33H2,1-12H3,(H,62,74)(H,63,75)(H,64,72)(H,65,73)(H,66,76)(H,67,77)(H,68,69)/t34-,35-,38-,39-,44-,45-,46+,47+,58?,59?/m0/s1. The number of carbonyl (C=O) groups excluding carboxylic acids is 8. The third-order valence-electron chi connectivity index (χ3n) is 17.0. The van der Waals surface area contributed by atoms with Crippen LogP contribution in [0.15, 0.2) is 54.6 Å². The molecule has 2 saturated heterocycles. The molecule has 2 unspecified atom stereocenters. The summed E-state index contributed by atoms with van der Waals surface area (Å²) in [7, 11) is 3.30. The first-order chi connectivity index (χ1) is 37.3. The van der Waals surface area contributed by atoms with Crippen molar-refractivity contribution in [3.63, 3.8) is 0 Å². The van der Waals surface area contributed by atoms with Gasteiger partial charge in [-0.2, -0.15) is 5.10 Å². The van der Waals surface area contributed by atoms with Crippen LogP contribution in [0.25, 0.3) is 0 Å². The molecule has 3 heterocycles. The maximum Gasteiger partial charge on any atom is 0.272 e. The molecule has 0 bridgehead atoms. The molecule has 2 aliphatic heterocycles. The summed E-state index contributed by atoms with van der Waals surface area (Å²) < 4.78 is 0. The van der Waals surface area contributed by atoms with Gasteiger partial charge in [0.1, 0.15) is 29.9 Å². The third-order valence-corrected chi connectivity index (χ3v) is 17.0. The Kier molecular flexibility index (Phi) is 18.5. The van der Waals surface area contributed by atoms with Crippen LogP contribution in [0.3, 0.4) is 0 Å². The van der Waals surface area contributed by atoms with Crippen molar-refractivity contribution in [3.05, 3.63) is 88.2 Å². The highest BCUT2D eigenvalue weighted by Crippen LogP contribution is 2.40. The Balaban J connectivity index is 1.10. The summed E-state index contributed by atoms with van der Waals surface area (Å²) in [5.41, 5.74) is 1.34. The number of aromatic amines is 1. The average molecular weight is 1090 g/mol. The van der Waals surface area contributed by atoms with Gasteiger partial charge in [0.2, 0.25) is 35.4 Å².